The highest BCUT2D eigenvalue weighted by Gasteiger charge is 2.37. The number of halogens is 1. The minimum absolute atomic E-state index is 0. The number of rotatable bonds is 5. The molecule has 114 valence electrons. The lowest BCUT2D eigenvalue weighted by atomic mass is 9.90. The average molecular weight is 319 g/mol. The minimum Gasteiger partial charge on any atom is -0.330 e. The molecular formula is C14H23ClN2O2S. The van der Waals surface area contributed by atoms with Crippen LogP contribution in [0.15, 0.2) is 30.3 Å². The molecule has 1 aliphatic rings. The summed E-state index contributed by atoms with van der Waals surface area (Å²) in [4.78, 5) is 0. The fraction of sp³-hybridized carbons (Fsp3) is 0.571. The van der Waals surface area contributed by atoms with Gasteiger partial charge in [-0.05, 0) is 30.4 Å². The highest BCUT2D eigenvalue weighted by atomic mass is 35.5. The standard InChI is InChI=1S/C14H22N2O2S.ClH/c1-14(11-15)8-9-16(12-14)19(17,18)10-7-13-5-3-2-4-6-13;/h2-6H,7-12,15H2,1H3;1H. The summed E-state index contributed by atoms with van der Waals surface area (Å²) in [6, 6.07) is 9.73. The summed E-state index contributed by atoms with van der Waals surface area (Å²) in [5.74, 6) is 0.178. The molecule has 0 saturated carbocycles. The first kappa shape index (κ1) is 17.4. The van der Waals surface area contributed by atoms with E-state index in [9.17, 15) is 8.42 Å². The molecule has 1 aromatic rings. The molecule has 0 aromatic heterocycles. The number of benzene rings is 1. The zero-order valence-electron chi connectivity index (χ0n) is 11.8. The number of sulfonamides is 1. The first-order valence-electron chi connectivity index (χ1n) is 6.67. The van der Waals surface area contributed by atoms with Crippen molar-refractivity contribution in [3.63, 3.8) is 0 Å². The molecule has 1 heterocycles. The van der Waals surface area contributed by atoms with E-state index in [1.807, 2.05) is 30.3 Å². The predicted molar refractivity (Wildman–Crippen MR) is 84.5 cm³/mol. The average Bonchev–Trinajstić information content (AvgIpc) is 2.82. The van der Waals surface area contributed by atoms with Crippen LogP contribution in [0, 0.1) is 5.41 Å². The largest absolute Gasteiger partial charge is 0.330 e. The van der Waals surface area contributed by atoms with Crippen LogP contribution in [0.2, 0.25) is 0 Å². The third kappa shape index (κ3) is 4.19. The zero-order chi connectivity index (χ0) is 13.9. The van der Waals surface area contributed by atoms with Crippen molar-refractivity contribution in [2.24, 2.45) is 11.1 Å². The number of hydrogen-bond donors (Lipinski definition) is 1. The van der Waals surface area contributed by atoms with E-state index in [0.29, 0.717) is 26.1 Å². The summed E-state index contributed by atoms with van der Waals surface area (Å²) in [5.41, 5.74) is 6.72. The molecule has 0 aliphatic carbocycles. The van der Waals surface area contributed by atoms with Crippen LogP contribution in [0.25, 0.3) is 0 Å². The summed E-state index contributed by atoms with van der Waals surface area (Å²) < 4.78 is 26.2. The first-order chi connectivity index (χ1) is 8.95. The third-order valence-electron chi connectivity index (χ3n) is 3.90. The number of nitrogens with zero attached hydrogens (tertiary/aromatic N) is 1. The van der Waals surface area contributed by atoms with Crippen LogP contribution < -0.4 is 5.73 Å². The lowest BCUT2D eigenvalue weighted by molar-refractivity contribution is 0.349. The molecule has 0 bridgehead atoms. The normalized spacial score (nSPS) is 23.5. The van der Waals surface area contributed by atoms with E-state index in [0.717, 1.165) is 12.0 Å². The monoisotopic (exact) mass is 318 g/mol. The molecule has 1 aromatic carbocycles. The van der Waals surface area contributed by atoms with Crippen molar-refractivity contribution in [2.45, 2.75) is 19.8 Å². The molecule has 0 spiro atoms. The minimum atomic E-state index is -3.16. The van der Waals surface area contributed by atoms with E-state index in [-0.39, 0.29) is 23.6 Å². The van der Waals surface area contributed by atoms with Gasteiger partial charge in [0.05, 0.1) is 5.75 Å². The summed E-state index contributed by atoms with van der Waals surface area (Å²) in [6.45, 7) is 3.75. The molecule has 4 nitrogen and oxygen atoms in total. The van der Waals surface area contributed by atoms with Gasteiger partial charge < -0.3 is 5.73 Å². The van der Waals surface area contributed by atoms with Crippen LogP contribution in [0.5, 0.6) is 0 Å². The lowest BCUT2D eigenvalue weighted by Crippen LogP contribution is -2.36. The van der Waals surface area contributed by atoms with Gasteiger partial charge in [-0.25, -0.2) is 12.7 Å². The fourth-order valence-electron chi connectivity index (χ4n) is 2.40. The Bertz CT molecular complexity index is 521. The van der Waals surface area contributed by atoms with E-state index in [4.69, 9.17) is 5.73 Å². The smallest absolute Gasteiger partial charge is 0.214 e. The molecule has 6 heteroatoms. The first-order valence-corrected chi connectivity index (χ1v) is 8.28. The van der Waals surface area contributed by atoms with Crippen LogP contribution >= 0.6 is 12.4 Å². The Morgan fingerprint density at radius 3 is 2.50 bits per heavy atom. The van der Waals surface area contributed by atoms with Gasteiger partial charge in [0, 0.05) is 13.1 Å². The predicted octanol–water partition coefficient (Wildman–Crippen LogP) is 1.65. The second-order valence-electron chi connectivity index (χ2n) is 5.65. The van der Waals surface area contributed by atoms with Crippen LogP contribution in [-0.4, -0.2) is 38.1 Å². The Hall–Kier alpha value is -0.620. The summed E-state index contributed by atoms with van der Waals surface area (Å²) in [7, 11) is -3.16. The van der Waals surface area contributed by atoms with Crippen LogP contribution in [0.4, 0.5) is 0 Å². The molecule has 0 radical (unpaired) electrons. The van der Waals surface area contributed by atoms with Gasteiger partial charge in [-0.3, -0.25) is 0 Å². The summed E-state index contributed by atoms with van der Waals surface area (Å²) in [6.07, 6.45) is 1.42. The Morgan fingerprint density at radius 2 is 1.95 bits per heavy atom. The molecule has 1 fully saturated rings. The van der Waals surface area contributed by atoms with Gasteiger partial charge in [0.2, 0.25) is 10.0 Å². The Morgan fingerprint density at radius 1 is 1.30 bits per heavy atom. The molecule has 2 rings (SSSR count). The van der Waals surface area contributed by atoms with Gasteiger partial charge in [-0.2, -0.15) is 0 Å². The van der Waals surface area contributed by atoms with Gasteiger partial charge in [0.1, 0.15) is 0 Å². The van der Waals surface area contributed by atoms with Crippen molar-refractivity contribution in [3.05, 3.63) is 35.9 Å². The highest BCUT2D eigenvalue weighted by Crippen LogP contribution is 2.30. The van der Waals surface area contributed by atoms with Gasteiger partial charge in [0.25, 0.3) is 0 Å². The quantitative estimate of drug-likeness (QED) is 0.898. The van der Waals surface area contributed by atoms with Crippen molar-refractivity contribution in [1.29, 1.82) is 0 Å². The lowest BCUT2D eigenvalue weighted by Gasteiger charge is -2.22. The van der Waals surface area contributed by atoms with Crippen molar-refractivity contribution in [1.82, 2.24) is 4.31 Å². The van der Waals surface area contributed by atoms with E-state index in [2.05, 4.69) is 6.92 Å². The number of hydrogen-bond acceptors (Lipinski definition) is 3. The van der Waals surface area contributed by atoms with Crippen molar-refractivity contribution < 1.29 is 8.42 Å². The highest BCUT2D eigenvalue weighted by molar-refractivity contribution is 7.89. The third-order valence-corrected chi connectivity index (χ3v) is 5.72. The molecule has 1 unspecified atom stereocenters. The molecule has 1 saturated heterocycles. The van der Waals surface area contributed by atoms with E-state index < -0.39 is 10.0 Å². The molecule has 20 heavy (non-hydrogen) atoms. The van der Waals surface area contributed by atoms with Crippen LogP contribution in [0.1, 0.15) is 18.9 Å². The summed E-state index contributed by atoms with van der Waals surface area (Å²) >= 11 is 0. The molecular weight excluding hydrogens is 296 g/mol. The van der Waals surface area contributed by atoms with E-state index in [1.165, 1.54) is 0 Å². The van der Waals surface area contributed by atoms with Gasteiger partial charge in [-0.1, -0.05) is 37.3 Å². The molecule has 1 atom stereocenters. The number of aryl methyl sites for hydroxylation is 1. The fourth-order valence-corrected chi connectivity index (χ4v) is 4.03. The maximum absolute atomic E-state index is 12.3. The Kier molecular flexibility index (Phi) is 6.01. The second kappa shape index (κ2) is 6.89. The van der Waals surface area contributed by atoms with E-state index >= 15 is 0 Å². The number of nitrogens with two attached hydrogens (primary N) is 1. The van der Waals surface area contributed by atoms with Crippen molar-refractivity contribution in [2.75, 3.05) is 25.4 Å². The zero-order valence-corrected chi connectivity index (χ0v) is 13.4. The second-order valence-corrected chi connectivity index (χ2v) is 7.74. The topological polar surface area (TPSA) is 63.4 Å². The SMILES string of the molecule is CC1(CN)CCN(S(=O)(=O)CCc2ccccc2)C1.Cl. The molecule has 0 amide bonds. The molecule has 2 N–H and O–H groups in total. The maximum atomic E-state index is 12.3. The van der Waals surface area contributed by atoms with Crippen LogP contribution in [0.3, 0.4) is 0 Å². The van der Waals surface area contributed by atoms with Gasteiger partial charge in [0.15, 0.2) is 0 Å². The van der Waals surface area contributed by atoms with Crippen molar-refractivity contribution >= 4 is 22.4 Å². The van der Waals surface area contributed by atoms with Crippen LogP contribution in [-0.2, 0) is 16.4 Å². The summed E-state index contributed by atoms with van der Waals surface area (Å²) in [5, 5.41) is 0. The van der Waals surface area contributed by atoms with Gasteiger partial charge >= 0.3 is 0 Å². The van der Waals surface area contributed by atoms with Crippen molar-refractivity contribution in [3.8, 4) is 0 Å². The molecule has 1 aliphatic heterocycles. The van der Waals surface area contributed by atoms with E-state index in [1.54, 1.807) is 4.31 Å². The van der Waals surface area contributed by atoms with Gasteiger partial charge in [-0.15, -0.1) is 12.4 Å². The maximum Gasteiger partial charge on any atom is 0.214 e. The Balaban J connectivity index is 0.00000200. The Labute approximate surface area is 127 Å².